The monoisotopic (exact) mass is 291 g/mol. The molecule has 0 fully saturated rings. The van der Waals surface area contributed by atoms with Crippen molar-refractivity contribution in [3.63, 3.8) is 0 Å². The van der Waals surface area contributed by atoms with Crippen LogP contribution >= 0.6 is 11.6 Å². The number of benzene rings is 3. The van der Waals surface area contributed by atoms with Gasteiger partial charge in [-0.05, 0) is 37.3 Å². The summed E-state index contributed by atoms with van der Waals surface area (Å²) in [4.78, 5) is 0. The molecular weight excluding hydrogens is 278 g/mol. The van der Waals surface area contributed by atoms with Gasteiger partial charge in [-0.2, -0.15) is 0 Å². The first-order chi connectivity index (χ1) is 10.2. The lowest BCUT2D eigenvalue weighted by Gasteiger charge is -2.08. The highest BCUT2D eigenvalue weighted by atomic mass is 35.5. The van der Waals surface area contributed by atoms with Crippen molar-refractivity contribution < 1.29 is 0 Å². The maximum Gasteiger partial charge on any atom is 0.0555 e. The molecule has 3 aromatic carbocycles. The second kappa shape index (κ2) is 4.64. The van der Waals surface area contributed by atoms with Crippen molar-refractivity contribution in [2.24, 2.45) is 0 Å². The number of aromatic nitrogens is 1. The predicted molar refractivity (Wildman–Crippen MR) is 90.5 cm³/mol. The number of hydrogen-bond acceptors (Lipinski definition) is 0. The van der Waals surface area contributed by atoms with Gasteiger partial charge in [-0.15, -0.1) is 0 Å². The van der Waals surface area contributed by atoms with E-state index in [1.807, 2.05) is 12.1 Å². The highest BCUT2D eigenvalue weighted by molar-refractivity contribution is 6.31. The maximum absolute atomic E-state index is 6.22. The van der Waals surface area contributed by atoms with Gasteiger partial charge < -0.3 is 4.57 Å². The lowest BCUT2D eigenvalue weighted by atomic mass is 10.2. The van der Waals surface area contributed by atoms with Crippen molar-refractivity contribution in [1.29, 1.82) is 0 Å². The average Bonchev–Trinajstić information content (AvgIpc) is 2.82. The average molecular weight is 292 g/mol. The molecule has 0 aliphatic heterocycles. The summed E-state index contributed by atoms with van der Waals surface area (Å²) in [6.07, 6.45) is 0. The molecule has 1 aromatic heterocycles. The van der Waals surface area contributed by atoms with Crippen LogP contribution in [0.5, 0.6) is 0 Å². The molecular formula is C19H14ClN. The zero-order valence-corrected chi connectivity index (χ0v) is 12.4. The molecule has 0 unspecified atom stereocenters. The Labute approximate surface area is 128 Å². The van der Waals surface area contributed by atoms with Gasteiger partial charge in [0, 0.05) is 21.5 Å². The number of fused-ring (bicyclic) bond motifs is 3. The first-order valence-corrected chi connectivity index (χ1v) is 7.37. The number of aryl methyl sites for hydroxylation is 1. The molecule has 0 saturated heterocycles. The summed E-state index contributed by atoms with van der Waals surface area (Å²) >= 11 is 6.22. The summed E-state index contributed by atoms with van der Waals surface area (Å²) in [6, 6.07) is 23.2. The molecule has 0 aliphatic rings. The Morgan fingerprint density at radius 2 is 1.48 bits per heavy atom. The van der Waals surface area contributed by atoms with Crippen LogP contribution in [0, 0.1) is 6.92 Å². The SMILES string of the molecule is Cc1ccc(-n2c3ccccc3c3ccc(Cl)cc32)cc1. The van der Waals surface area contributed by atoms with E-state index in [4.69, 9.17) is 11.6 Å². The Hall–Kier alpha value is -2.25. The number of para-hydroxylation sites is 1. The summed E-state index contributed by atoms with van der Waals surface area (Å²) in [6.45, 7) is 2.10. The molecule has 0 radical (unpaired) electrons. The highest BCUT2D eigenvalue weighted by Gasteiger charge is 2.11. The van der Waals surface area contributed by atoms with Gasteiger partial charge in [0.1, 0.15) is 0 Å². The van der Waals surface area contributed by atoms with Gasteiger partial charge in [0.05, 0.1) is 11.0 Å². The molecule has 1 heterocycles. The largest absolute Gasteiger partial charge is 0.309 e. The summed E-state index contributed by atoms with van der Waals surface area (Å²) in [5.74, 6) is 0. The summed E-state index contributed by atoms with van der Waals surface area (Å²) in [7, 11) is 0. The van der Waals surface area contributed by atoms with E-state index < -0.39 is 0 Å². The fourth-order valence-electron chi connectivity index (χ4n) is 2.92. The minimum Gasteiger partial charge on any atom is -0.309 e. The van der Waals surface area contributed by atoms with Gasteiger partial charge in [0.2, 0.25) is 0 Å². The molecule has 21 heavy (non-hydrogen) atoms. The second-order valence-electron chi connectivity index (χ2n) is 5.35. The smallest absolute Gasteiger partial charge is 0.0555 e. The van der Waals surface area contributed by atoms with Crippen molar-refractivity contribution in [1.82, 2.24) is 4.57 Å². The van der Waals surface area contributed by atoms with E-state index in [0.717, 1.165) is 16.2 Å². The van der Waals surface area contributed by atoms with Crippen LogP contribution in [0.25, 0.3) is 27.5 Å². The van der Waals surface area contributed by atoms with Crippen LogP contribution in [0.15, 0.2) is 66.7 Å². The number of rotatable bonds is 1. The Morgan fingerprint density at radius 1 is 0.762 bits per heavy atom. The normalized spacial score (nSPS) is 11.3. The lowest BCUT2D eigenvalue weighted by molar-refractivity contribution is 1.17. The summed E-state index contributed by atoms with van der Waals surface area (Å²) in [5, 5.41) is 3.25. The van der Waals surface area contributed by atoms with Gasteiger partial charge in [-0.25, -0.2) is 0 Å². The van der Waals surface area contributed by atoms with E-state index in [2.05, 4.69) is 66.1 Å². The van der Waals surface area contributed by atoms with Crippen molar-refractivity contribution in [2.75, 3.05) is 0 Å². The number of halogens is 1. The molecule has 0 saturated carbocycles. The lowest BCUT2D eigenvalue weighted by Crippen LogP contribution is -1.93. The Kier molecular flexibility index (Phi) is 2.76. The van der Waals surface area contributed by atoms with Gasteiger partial charge in [0.25, 0.3) is 0 Å². The van der Waals surface area contributed by atoms with Gasteiger partial charge in [-0.1, -0.05) is 53.6 Å². The van der Waals surface area contributed by atoms with Crippen molar-refractivity contribution >= 4 is 33.4 Å². The van der Waals surface area contributed by atoms with Crippen LogP contribution in [0.4, 0.5) is 0 Å². The molecule has 0 spiro atoms. The Morgan fingerprint density at radius 3 is 2.29 bits per heavy atom. The minimum atomic E-state index is 0.763. The zero-order chi connectivity index (χ0) is 14.4. The molecule has 0 N–H and O–H groups in total. The molecule has 0 aliphatic carbocycles. The fourth-order valence-corrected chi connectivity index (χ4v) is 3.08. The summed E-state index contributed by atoms with van der Waals surface area (Å²) in [5.41, 5.74) is 4.78. The second-order valence-corrected chi connectivity index (χ2v) is 5.79. The number of hydrogen-bond donors (Lipinski definition) is 0. The van der Waals surface area contributed by atoms with Gasteiger partial charge >= 0.3 is 0 Å². The summed E-state index contributed by atoms with van der Waals surface area (Å²) < 4.78 is 2.27. The zero-order valence-electron chi connectivity index (χ0n) is 11.7. The fraction of sp³-hybridized carbons (Fsp3) is 0.0526. The first-order valence-electron chi connectivity index (χ1n) is 7.00. The molecule has 0 atom stereocenters. The Bertz CT molecular complexity index is 949. The molecule has 102 valence electrons. The quantitative estimate of drug-likeness (QED) is 0.421. The third kappa shape index (κ3) is 1.93. The van der Waals surface area contributed by atoms with Gasteiger partial charge in [-0.3, -0.25) is 0 Å². The Balaban J connectivity index is 2.18. The topological polar surface area (TPSA) is 4.93 Å². The standard InChI is InChI=1S/C19H14ClN/c1-13-6-9-15(10-7-13)21-18-5-3-2-4-16(18)17-11-8-14(20)12-19(17)21/h2-12H,1H3. The third-order valence-electron chi connectivity index (χ3n) is 3.93. The molecule has 2 heteroatoms. The van der Waals surface area contributed by atoms with Crippen molar-refractivity contribution in [3.05, 3.63) is 77.3 Å². The third-order valence-corrected chi connectivity index (χ3v) is 4.16. The van der Waals surface area contributed by atoms with Crippen molar-refractivity contribution in [3.8, 4) is 5.69 Å². The van der Waals surface area contributed by atoms with E-state index in [9.17, 15) is 0 Å². The molecule has 4 rings (SSSR count). The van der Waals surface area contributed by atoms with E-state index in [0.29, 0.717) is 0 Å². The molecule has 4 aromatic rings. The van der Waals surface area contributed by atoms with Gasteiger partial charge in [0.15, 0.2) is 0 Å². The predicted octanol–water partition coefficient (Wildman–Crippen LogP) is 5.75. The number of nitrogens with zero attached hydrogens (tertiary/aromatic N) is 1. The van der Waals surface area contributed by atoms with E-state index in [1.165, 1.54) is 21.9 Å². The van der Waals surface area contributed by atoms with E-state index in [1.54, 1.807) is 0 Å². The van der Waals surface area contributed by atoms with Crippen LogP contribution in [-0.2, 0) is 0 Å². The van der Waals surface area contributed by atoms with Crippen LogP contribution in [0.1, 0.15) is 5.56 Å². The van der Waals surface area contributed by atoms with E-state index >= 15 is 0 Å². The highest BCUT2D eigenvalue weighted by Crippen LogP contribution is 2.33. The molecule has 0 bridgehead atoms. The van der Waals surface area contributed by atoms with E-state index in [-0.39, 0.29) is 0 Å². The van der Waals surface area contributed by atoms with Crippen LogP contribution in [0.2, 0.25) is 5.02 Å². The first kappa shape index (κ1) is 12.5. The van der Waals surface area contributed by atoms with Crippen LogP contribution in [-0.4, -0.2) is 4.57 Å². The molecule has 1 nitrogen and oxygen atoms in total. The van der Waals surface area contributed by atoms with Crippen LogP contribution in [0.3, 0.4) is 0 Å². The minimum absolute atomic E-state index is 0.763. The van der Waals surface area contributed by atoms with Crippen LogP contribution < -0.4 is 0 Å². The molecule has 0 amide bonds. The maximum atomic E-state index is 6.22. The van der Waals surface area contributed by atoms with Crippen molar-refractivity contribution in [2.45, 2.75) is 6.92 Å².